The number of nitrogens with one attached hydrogen (secondary N) is 1. The van der Waals surface area contributed by atoms with Gasteiger partial charge in [-0.3, -0.25) is 0 Å². The molecule has 0 aromatic heterocycles. The first-order chi connectivity index (χ1) is 15.8. The van der Waals surface area contributed by atoms with E-state index in [4.69, 9.17) is 11.6 Å². The molecule has 1 heterocycles. The second-order valence-corrected chi connectivity index (χ2v) is 11.8. The molecule has 1 nitrogen and oxygen atoms in total. The molecule has 32 heavy (non-hydrogen) atoms. The fourth-order valence-corrected chi connectivity index (χ4v) is 7.81. The van der Waals surface area contributed by atoms with Crippen molar-refractivity contribution in [1.82, 2.24) is 5.32 Å². The lowest BCUT2D eigenvalue weighted by molar-refractivity contribution is 0.374. The van der Waals surface area contributed by atoms with E-state index in [1.54, 1.807) is 0 Å². The summed E-state index contributed by atoms with van der Waals surface area (Å²) in [7, 11) is 0. The highest BCUT2D eigenvalue weighted by atomic mass is 35.5. The molecular formula is C28H30ClNS2. The van der Waals surface area contributed by atoms with Crippen molar-refractivity contribution in [2.24, 2.45) is 0 Å². The second kappa shape index (κ2) is 10.7. The van der Waals surface area contributed by atoms with E-state index in [1.807, 2.05) is 17.8 Å². The fraction of sp³-hybridized carbons (Fsp3) is 0.357. The summed E-state index contributed by atoms with van der Waals surface area (Å²) in [6.07, 6.45) is 7.78. The maximum absolute atomic E-state index is 6.40. The van der Waals surface area contributed by atoms with Crippen LogP contribution in [0.25, 0.3) is 0 Å². The topological polar surface area (TPSA) is 12.0 Å². The third-order valence-corrected chi connectivity index (χ3v) is 9.57. The first kappa shape index (κ1) is 22.4. The van der Waals surface area contributed by atoms with E-state index in [9.17, 15) is 0 Å². The summed E-state index contributed by atoms with van der Waals surface area (Å²) in [4.78, 5) is 2.71. The number of hydrogen-bond acceptors (Lipinski definition) is 3. The third kappa shape index (κ3) is 5.39. The molecule has 2 atom stereocenters. The molecule has 1 N–H and O–H groups in total. The van der Waals surface area contributed by atoms with Crippen LogP contribution in [-0.2, 0) is 6.42 Å². The molecule has 0 unspecified atom stereocenters. The quantitative estimate of drug-likeness (QED) is 0.380. The molecular weight excluding hydrogens is 450 g/mol. The van der Waals surface area contributed by atoms with Crippen LogP contribution in [0.1, 0.15) is 59.3 Å². The van der Waals surface area contributed by atoms with Crippen LogP contribution in [-0.4, -0.2) is 12.6 Å². The Hall–Kier alpha value is -1.39. The molecule has 0 spiro atoms. The lowest BCUT2D eigenvalue weighted by Crippen LogP contribution is -2.33. The van der Waals surface area contributed by atoms with Gasteiger partial charge < -0.3 is 5.32 Å². The van der Waals surface area contributed by atoms with E-state index in [-0.39, 0.29) is 0 Å². The molecule has 2 aliphatic rings. The first-order valence-corrected chi connectivity index (χ1v) is 13.9. The number of fused-ring (bicyclic) bond motifs is 2. The number of halogens is 1. The zero-order chi connectivity index (χ0) is 21.8. The summed E-state index contributed by atoms with van der Waals surface area (Å²) in [5.41, 5.74) is 4.23. The Balaban J connectivity index is 1.43. The number of rotatable bonds is 6. The number of benzene rings is 3. The molecule has 1 saturated carbocycles. The van der Waals surface area contributed by atoms with E-state index >= 15 is 0 Å². The summed E-state index contributed by atoms with van der Waals surface area (Å²) < 4.78 is 0. The molecule has 1 aliphatic carbocycles. The van der Waals surface area contributed by atoms with Gasteiger partial charge in [0.15, 0.2) is 0 Å². The van der Waals surface area contributed by atoms with Crippen molar-refractivity contribution in [3.8, 4) is 0 Å². The van der Waals surface area contributed by atoms with Crippen molar-refractivity contribution in [3.05, 3.63) is 94.5 Å². The summed E-state index contributed by atoms with van der Waals surface area (Å²) >= 11 is 10.4. The predicted octanol–water partition coefficient (Wildman–Crippen LogP) is 8.49. The van der Waals surface area contributed by atoms with Crippen molar-refractivity contribution in [3.63, 3.8) is 0 Å². The Kier molecular flexibility index (Phi) is 7.49. The van der Waals surface area contributed by atoms with Crippen LogP contribution >= 0.6 is 35.1 Å². The van der Waals surface area contributed by atoms with Crippen LogP contribution in [0.4, 0.5) is 0 Å². The van der Waals surface area contributed by atoms with Crippen LogP contribution in [0.5, 0.6) is 0 Å². The summed E-state index contributed by atoms with van der Waals surface area (Å²) in [5, 5.41) is 5.58. The molecule has 4 heteroatoms. The average molecular weight is 480 g/mol. The highest BCUT2D eigenvalue weighted by Crippen LogP contribution is 2.49. The summed E-state index contributed by atoms with van der Waals surface area (Å²) in [6.45, 7) is 1.02. The van der Waals surface area contributed by atoms with Gasteiger partial charge in [-0.2, -0.15) is 0 Å². The smallest absolute Gasteiger partial charge is 0.0428 e. The molecule has 3 aromatic rings. The van der Waals surface area contributed by atoms with Gasteiger partial charge in [0.25, 0.3) is 0 Å². The van der Waals surface area contributed by atoms with Gasteiger partial charge in [0.05, 0.1) is 0 Å². The predicted molar refractivity (Wildman–Crippen MR) is 140 cm³/mol. The van der Waals surface area contributed by atoms with Gasteiger partial charge >= 0.3 is 0 Å². The van der Waals surface area contributed by atoms with Crippen LogP contribution < -0.4 is 5.32 Å². The van der Waals surface area contributed by atoms with E-state index < -0.39 is 0 Å². The Labute approximate surface area is 205 Å². The zero-order valence-electron chi connectivity index (χ0n) is 18.3. The molecule has 1 aliphatic heterocycles. The third-order valence-electron chi connectivity index (χ3n) is 6.61. The molecule has 166 valence electrons. The van der Waals surface area contributed by atoms with E-state index in [0.717, 1.165) is 18.0 Å². The van der Waals surface area contributed by atoms with E-state index in [0.29, 0.717) is 16.5 Å². The normalized spacial score (nSPS) is 19.6. The standard InChI is InChI=1S/C28H30ClNS2/c29-22-15-16-25-21(17-22)18-27(24-13-7-8-14-26(24)31-25)32-28(20-9-3-1-4-10-20)19-30-23-11-5-2-6-12-23/h1,3-4,7-10,13-17,23,27-28,30H,2,5-6,11-12,18-19H2/t27-,28+/m1/s1. The Bertz CT molecular complexity index is 1030. The van der Waals surface area contributed by atoms with Gasteiger partial charge in [-0.25, -0.2) is 0 Å². The minimum atomic E-state index is 0.400. The maximum Gasteiger partial charge on any atom is 0.0428 e. The van der Waals surface area contributed by atoms with Gasteiger partial charge in [-0.1, -0.05) is 91.2 Å². The van der Waals surface area contributed by atoms with Crippen molar-refractivity contribution in [1.29, 1.82) is 0 Å². The Morgan fingerprint density at radius 1 is 0.906 bits per heavy atom. The molecule has 5 rings (SSSR count). The Morgan fingerprint density at radius 3 is 2.53 bits per heavy atom. The lowest BCUT2D eigenvalue weighted by atomic mass is 9.95. The van der Waals surface area contributed by atoms with Crippen LogP contribution in [0.15, 0.2) is 82.6 Å². The Morgan fingerprint density at radius 2 is 1.69 bits per heavy atom. The summed E-state index contributed by atoms with van der Waals surface area (Å²) in [5.74, 6) is 0. The maximum atomic E-state index is 6.40. The molecule has 3 aromatic carbocycles. The van der Waals surface area contributed by atoms with E-state index in [2.05, 4.69) is 83.8 Å². The zero-order valence-corrected chi connectivity index (χ0v) is 20.7. The first-order valence-electron chi connectivity index (χ1n) is 11.8. The summed E-state index contributed by atoms with van der Waals surface area (Å²) in [6, 6.07) is 27.1. The van der Waals surface area contributed by atoms with Crippen molar-refractivity contribution < 1.29 is 0 Å². The molecule has 0 radical (unpaired) electrons. The van der Waals surface area contributed by atoms with Crippen molar-refractivity contribution in [2.45, 2.75) is 64.9 Å². The van der Waals surface area contributed by atoms with Crippen molar-refractivity contribution >= 4 is 35.1 Å². The average Bonchev–Trinajstić information content (AvgIpc) is 2.99. The van der Waals surface area contributed by atoms with Gasteiger partial charge in [0.2, 0.25) is 0 Å². The lowest BCUT2D eigenvalue weighted by Gasteiger charge is -2.28. The molecule has 0 bridgehead atoms. The van der Waals surface area contributed by atoms with Gasteiger partial charge in [0, 0.05) is 37.9 Å². The highest BCUT2D eigenvalue weighted by Gasteiger charge is 2.27. The SMILES string of the molecule is Clc1ccc2c(c1)C[C@@H](S[C@@H](CNC1CCCCC1)c1ccccc1)c1ccccc1S2. The van der Waals surface area contributed by atoms with E-state index in [1.165, 1.54) is 58.6 Å². The number of thioether (sulfide) groups is 1. The number of hydrogen-bond donors (Lipinski definition) is 1. The highest BCUT2D eigenvalue weighted by molar-refractivity contribution is 8.00. The molecule has 1 fully saturated rings. The minimum absolute atomic E-state index is 0.400. The second-order valence-electron chi connectivity index (χ2n) is 8.86. The molecule has 0 amide bonds. The van der Waals surface area contributed by atoms with Gasteiger partial charge in [-0.05, 0) is 60.2 Å². The van der Waals surface area contributed by atoms with Gasteiger partial charge in [-0.15, -0.1) is 11.8 Å². The van der Waals surface area contributed by atoms with Crippen LogP contribution in [0, 0.1) is 0 Å². The molecule has 0 saturated heterocycles. The van der Waals surface area contributed by atoms with Crippen LogP contribution in [0.2, 0.25) is 5.02 Å². The minimum Gasteiger partial charge on any atom is -0.313 e. The van der Waals surface area contributed by atoms with Gasteiger partial charge in [0.1, 0.15) is 0 Å². The fourth-order valence-electron chi connectivity index (χ4n) is 4.89. The van der Waals surface area contributed by atoms with Crippen molar-refractivity contribution in [2.75, 3.05) is 6.54 Å². The largest absolute Gasteiger partial charge is 0.313 e. The van der Waals surface area contributed by atoms with Crippen LogP contribution in [0.3, 0.4) is 0 Å². The monoisotopic (exact) mass is 479 g/mol.